The van der Waals surface area contributed by atoms with E-state index in [2.05, 4.69) is 15.3 Å². The average molecular weight is 240 g/mol. The normalized spacial score (nSPS) is 20.4. The predicted molar refractivity (Wildman–Crippen MR) is 63.8 cm³/mol. The molecular formula is C11H17FN4O. The quantitative estimate of drug-likeness (QED) is 0.862. The molecule has 0 aromatic carbocycles. The zero-order valence-corrected chi connectivity index (χ0v) is 10.1. The third kappa shape index (κ3) is 2.82. The smallest absolute Gasteiger partial charge is 0.224 e. The predicted octanol–water partition coefficient (Wildman–Crippen LogP) is 1.27. The molecular weight excluding hydrogens is 223 g/mol. The molecule has 1 aliphatic rings. The lowest BCUT2D eigenvalue weighted by Crippen LogP contribution is -2.42. The number of nitrogens with one attached hydrogen (secondary N) is 1. The monoisotopic (exact) mass is 240 g/mol. The summed E-state index contributed by atoms with van der Waals surface area (Å²) in [4.78, 5) is 9.98. The maximum absolute atomic E-state index is 13.7. The van der Waals surface area contributed by atoms with E-state index in [-0.39, 0.29) is 11.9 Å². The topological polar surface area (TPSA) is 50.3 Å². The van der Waals surface area contributed by atoms with Crippen LogP contribution in [0.1, 0.15) is 13.8 Å². The fourth-order valence-electron chi connectivity index (χ4n) is 1.83. The molecule has 1 aliphatic heterocycles. The Morgan fingerprint density at radius 3 is 3.18 bits per heavy atom. The van der Waals surface area contributed by atoms with Gasteiger partial charge in [0.15, 0.2) is 11.6 Å². The molecule has 0 saturated carbocycles. The number of halogens is 1. The van der Waals surface area contributed by atoms with Crippen molar-refractivity contribution in [1.29, 1.82) is 0 Å². The molecule has 5 nitrogen and oxygen atoms in total. The second-order valence-corrected chi connectivity index (χ2v) is 4.02. The minimum Gasteiger partial charge on any atom is -0.375 e. The Labute approximate surface area is 100 Å². The Morgan fingerprint density at radius 2 is 2.47 bits per heavy atom. The summed E-state index contributed by atoms with van der Waals surface area (Å²) < 4.78 is 19.1. The van der Waals surface area contributed by atoms with Gasteiger partial charge in [0.25, 0.3) is 0 Å². The van der Waals surface area contributed by atoms with E-state index in [9.17, 15) is 4.39 Å². The van der Waals surface area contributed by atoms with Crippen molar-refractivity contribution >= 4 is 11.8 Å². The molecule has 94 valence electrons. The first kappa shape index (κ1) is 12.0. The molecule has 1 aromatic rings. The minimum absolute atomic E-state index is 0.0979. The fraction of sp³-hybridized carbons (Fsp3) is 0.636. The summed E-state index contributed by atoms with van der Waals surface area (Å²) in [5, 5.41) is 2.98. The molecule has 0 radical (unpaired) electrons. The number of morpholine rings is 1. The molecule has 0 spiro atoms. The van der Waals surface area contributed by atoms with E-state index in [1.165, 1.54) is 6.20 Å². The summed E-state index contributed by atoms with van der Waals surface area (Å²) in [5.74, 6) is 0.426. The summed E-state index contributed by atoms with van der Waals surface area (Å²) >= 11 is 0. The Kier molecular flexibility index (Phi) is 3.73. The largest absolute Gasteiger partial charge is 0.375 e. The molecule has 1 aromatic heterocycles. The van der Waals surface area contributed by atoms with Gasteiger partial charge in [-0.2, -0.15) is 4.98 Å². The van der Waals surface area contributed by atoms with Crippen molar-refractivity contribution in [1.82, 2.24) is 9.97 Å². The Hall–Kier alpha value is -1.43. The number of rotatable bonds is 3. The van der Waals surface area contributed by atoms with Crippen molar-refractivity contribution in [2.75, 3.05) is 36.5 Å². The molecule has 1 atom stereocenters. The highest BCUT2D eigenvalue weighted by Crippen LogP contribution is 2.19. The number of nitrogens with zero attached hydrogens (tertiary/aromatic N) is 3. The van der Waals surface area contributed by atoms with Gasteiger partial charge in [-0.3, -0.25) is 0 Å². The SMILES string of the molecule is CCNc1ncc(F)c(N2CCOC(C)C2)n1. The van der Waals surface area contributed by atoms with E-state index >= 15 is 0 Å². The highest BCUT2D eigenvalue weighted by atomic mass is 19.1. The number of ether oxygens (including phenoxy) is 1. The van der Waals surface area contributed by atoms with Crippen molar-refractivity contribution in [3.8, 4) is 0 Å². The van der Waals surface area contributed by atoms with E-state index in [4.69, 9.17) is 4.74 Å². The highest BCUT2D eigenvalue weighted by molar-refractivity contribution is 5.44. The molecule has 17 heavy (non-hydrogen) atoms. The van der Waals surface area contributed by atoms with Crippen LogP contribution in [0.3, 0.4) is 0 Å². The lowest BCUT2D eigenvalue weighted by atomic mass is 10.3. The van der Waals surface area contributed by atoms with E-state index in [1.807, 2.05) is 18.7 Å². The van der Waals surface area contributed by atoms with Gasteiger partial charge < -0.3 is 15.0 Å². The van der Waals surface area contributed by atoms with Crippen LogP contribution in [0.2, 0.25) is 0 Å². The Morgan fingerprint density at radius 1 is 1.65 bits per heavy atom. The summed E-state index contributed by atoms with van der Waals surface area (Å²) in [7, 11) is 0. The van der Waals surface area contributed by atoms with Gasteiger partial charge >= 0.3 is 0 Å². The van der Waals surface area contributed by atoms with E-state index < -0.39 is 0 Å². The molecule has 2 heterocycles. The summed E-state index contributed by atoms with van der Waals surface area (Å²) in [5.41, 5.74) is 0. The first-order valence-electron chi connectivity index (χ1n) is 5.83. The molecule has 0 aliphatic carbocycles. The number of aromatic nitrogens is 2. The third-order valence-corrected chi connectivity index (χ3v) is 2.60. The standard InChI is InChI=1S/C11H17FN4O/c1-3-13-11-14-6-9(12)10(15-11)16-4-5-17-8(2)7-16/h6,8H,3-5,7H2,1-2H3,(H,13,14,15). The van der Waals surface area contributed by atoms with E-state index in [0.29, 0.717) is 38.0 Å². The lowest BCUT2D eigenvalue weighted by Gasteiger charge is -2.32. The first-order chi connectivity index (χ1) is 8.20. The van der Waals surface area contributed by atoms with Gasteiger partial charge in [-0.25, -0.2) is 9.37 Å². The molecule has 1 saturated heterocycles. The van der Waals surface area contributed by atoms with Crippen molar-refractivity contribution in [3.05, 3.63) is 12.0 Å². The van der Waals surface area contributed by atoms with Crippen LogP contribution >= 0.6 is 0 Å². The van der Waals surface area contributed by atoms with Crippen molar-refractivity contribution < 1.29 is 9.13 Å². The molecule has 6 heteroatoms. The summed E-state index contributed by atoms with van der Waals surface area (Å²) in [6.07, 6.45) is 1.31. The lowest BCUT2D eigenvalue weighted by molar-refractivity contribution is 0.0527. The van der Waals surface area contributed by atoms with E-state index in [1.54, 1.807) is 0 Å². The van der Waals surface area contributed by atoms with Crippen LogP contribution in [0.5, 0.6) is 0 Å². The van der Waals surface area contributed by atoms with Gasteiger partial charge in [-0.15, -0.1) is 0 Å². The maximum atomic E-state index is 13.7. The van der Waals surface area contributed by atoms with E-state index in [0.717, 1.165) is 0 Å². The second kappa shape index (κ2) is 5.27. The molecule has 0 amide bonds. The van der Waals surface area contributed by atoms with Crippen LogP contribution in [-0.4, -0.2) is 42.3 Å². The molecule has 1 fully saturated rings. The van der Waals surface area contributed by atoms with Crippen LogP contribution in [0.15, 0.2) is 6.20 Å². The minimum atomic E-state index is -0.388. The third-order valence-electron chi connectivity index (χ3n) is 2.60. The summed E-state index contributed by atoms with van der Waals surface area (Å²) in [6, 6.07) is 0. The van der Waals surface area contributed by atoms with Gasteiger partial charge in [0.1, 0.15) is 0 Å². The van der Waals surface area contributed by atoms with Crippen molar-refractivity contribution in [2.24, 2.45) is 0 Å². The van der Waals surface area contributed by atoms with Gasteiger partial charge in [0.05, 0.1) is 18.9 Å². The molecule has 0 bridgehead atoms. The van der Waals surface area contributed by atoms with Gasteiger partial charge in [-0.1, -0.05) is 0 Å². The first-order valence-corrected chi connectivity index (χ1v) is 5.83. The van der Waals surface area contributed by atoms with Crippen molar-refractivity contribution in [2.45, 2.75) is 20.0 Å². The molecule has 1 unspecified atom stereocenters. The van der Waals surface area contributed by atoms with Crippen LogP contribution < -0.4 is 10.2 Å². The van der Waals surface area contributed by atoms with Crippen LogP contribution in [0.4, 0.5) is 16.2 Å². The van der Waals surface area contributed by atoms with Gasteiger partial charge in [0, 0.05) is 19.6 Å². The van der Waals surface area contributed by atoms with Gasteiger partial charge in [-0.05, 0) is 13.8 Å². The average Bonchev–Trinajstić information content (AvgIpc) is 2.32. The number of hydrogen-bond donors (Lipinski definition) is 1. The second-order valence-electron chi connectivity index (χ2n) is 4.02. The Balaban J connectivity index is 2.20. The van der Waals surface area contributed by atoms with Crippen molar-refractivity contribution in [3.63, 3.8) is 0 Å². The number of hydrogen-bond acceptors (Lipinski definition) is 5. The Bertz CT molecular complexity index is 388. The molecule has 1 N–H and O–H groups in total. The number of anilines is 2. The maximum Gasteiger partial charge on any atom is 0.224 e. The van der Waals surface area contributed by atoms with Gasteiger partial charge in [0.2, 0.25) is 5.95 Å². The summed E-state index contributed by atoms with van der Waals surface area (Å²) in [6.45, 7) is 6.54. The fourth-order valence-corrected chi connectivity index (χ4v) is 1.83. The zero-order chi connectivity index (χ0) is 12.3. The van der Waals surface area contributed by atoms with Crippen LogP contribution in [-0.2, 0) is 4.74 Å². The zero-order valence-electron chi connectivity index (χ0n) is 10.1. The molecule has 2 rings (SSSR count). The van der Waals surface area contributed by atoms with Crippen LogP contribution in [0.25, 0.3) is 0 Å². The van der Waals surface area contributed by atoms with Crippen LogP contribution in [0, 0.1) is 5.82 Å². The highest BCUT2D eigenvalue weighted by Gasteiger charge is 2.21.